The van der Waals surface area contributed by atoms with Crippen LogP contribution in [-0.4, -0.2) is 52.4 Å². The number of carbonyl (C=O) groups excluding carboxylic acids is 2. The SMILES string of the molecule is CCNS(=O)(=O)c1ccc(CCC(=O)N(Cc2ccc(OC)cc2)[C@H](C(=O)NCCc2ccc(OC)cc2)c2ccccc2)cc1. The summed E-state index contributed by atoms with van der Waals surface area (Å²) in [5.41, 5.74) is 3.41. The summed E-state index contributed by atoms with van der Waals surface area (Å²) in [6.07, 6.45) is 1.11. The number of nitrogens with one attached hydrogen (secondary N) is 2. The van der Waals surface area contributed by atoms with Crippen LogP contribution >= 0.6 is 0 Å². The summed E-state index contributed by atoms with van der Waals surface area (Å²) in [5.74, 6) is 0.968. The first-order valence-corrected chi connectivity index (χ1v) is 16.7. The Labute approximate surface area is 271 Å². The summed E-state index contributed by atoms with van der Waals surface area (Å²) < 4.78 is 37.7. The number of aryl methyl sites for hydroxylation is 1. The number of ether oxygens (including phenoxy) is 2. The lowest BCUT2D eigenvalue weighted by atomic mass is 10.0. The van der Waals surface area contributed by atoms with Crippen LogP contribution in [0.1, 0.15) is 41.6 Å². The Morgan fingerprint density at radius 3 is 1.85 bits per heavy atom. The van der Waals surface area contributed by atoms with Gasteiger partial charge in [0.05, 0.1) is 19.1 Å². The Hall–Kier alpha value is -4.67. The van der Waals surface area contributed by atoms with Crippen molar-refractivity contribution in [2.75, 3.05) is 27.3 Å². The average molecular weight is 644 g/mol. The van der Waals surface area contributed by atoms with Gasteiger partial charge in [-0.1, -0.05) is 73.7 Å². The maximum Gasteiger partial charge on any atom is 0.247 e. The fourth-order valence-corrected chi connectivity index (χ4v) is 6.12. The Balaban J connectivity index is 1.56. The minimum atomic E-state index is -3.58. The van der Waals surface area contributed by atoms with Crippen LogP contribution < -0.4 is 19.5 Å². The molecule has 0 spiro atoms. The molecule has 1 atom stereocenters. The van der Waals surface area contributed by atoms with E-state index < -0.39 is 16.1 Å². The van der Waals surface area contributed by atoms with Crippen molar-refractivity contribution in [2.24, 2.45) is 0 Å². The van der Waals surface area contributed by atoms with Crippen LogP contribution in [-0.2, 0) is 39.0 Å². The lowest BCUT2D eigenvalue weighted by Crippen LogP contribution is -2.44. The molecule has 0 bridgehead atoms. The van der Waals surface area contributed by atoms with E-state index in [1.165, 1.54) is 12.1 Å². The van der Waals surface area contributed by atoms with Crippen LogP contribution in [0.5, 0.6) is 11.5 Å². The summed E-state index contributed by atoms with van der Waals surface area (Å²) >= 11 is 0. The molecule has 2 amide bonds. The van der Waals surface area contributed by atoms with Crippen molar-refractivity contribution in [1.29, 1.82) is 0 Å². The predicted octanol–water partition coefficient (Wildman–Crippen LogP) is 5.06. The van der Waals surface area contributed by atoms with Gasteiger partial charge in [0.1, 0.15) is 17.5 Å². The molecule has 0 heterocycles. The molecule has 4 aromatic carbocycles. The average Bonchev–Trinajstić information content (AvgIpc) is 3.08. The normalized spacial score (nSPS) is 11.8. The van der Waals surface area contributed by atoms with Crippen molar-refractivity contribution >= 4 is 21.8 Å². The Kier molecular flexibility index (Phi) is 12.3. The molecular formula is C36H41N3O6S. The first-order chi connectivity index (χ1) is 22.2. The molecule has 0 saturated carbocycles. The Morgan fingerprint density at radius 1 is 0.739 bits per heavy atom. The summed E-state index contributed by atoms with van der Waals surface area (Å²) in [6, 6.07) is 30.0. The number of hydrogen-bond donors (Lipinski definition) is 2. The van der Waals surface area contributed by atoms with Gasteiger partial charge in [0.2, 0.25) is 21.8 Å². The highest BCUT2D eigenvalue weighted by Gasteiger charge is 2.31. The predicted molar refractivity (Wildman–Crippen MR) is 178 cm³/mol. The third-order valence-electron chi connectivity index (χ3n) is 7.58. The van der Waals surface area contributed by atoms with Crippen LogP contribution in [0.25, 0.3) is 0 Å². The quantitative estimate of drug-likeness (QED) is 0.176. The molecule has 10 heteroatoms. The maximum absolute atomic E-state index is 14.0. The van der Waals surface area contributed by atoms with E-state index in [-0.39, 0.29) is 29.7 Å². The Bertz CT molecular complexity index is 1660. The number of nitrogens with zero attached hydrogens (tertiary/aromatic N) is 1. The van der Waals surface area contributed by atoms with Crippen LogP contribution in [0.15, 0.2) is 108 Å². The second-order valence-corrected chi connectivity index (χ2v) is 12.5. The largest absolute Gasteiger partial charge is 0.497 e. The minimum Gasteiger partial charge on any atom is -0.497 e. The van der Waals surface area contributed by atoms with Crippen molar-refractivity contribution in [1.82, 2.24) is 14.9 Å². The summed E-state index contributed by atoms with van der Waals surface area (Å²) in [6.45, 7) is 2.61. The van der Waals surface area contributed by atoms with Gasteiger partial charge in [-0.15, -0.1) is 0 Å². The summed E-state index contributed by atoms with van der Waals surface area (Å²) in [7, 11) is -0.366. The lowest BCUT2D eigenvalue weighted by molar-refractivity contribution is -0.141. The van der Waals surface area contributed by atoms with Crippen molar-refractivity contribution in [3.8, 4) is 11.5 Å². The number of sulfonamides is 1. The van der Waals surface area contributed by atoms with Gasteiger partial charge in [0.15, 0.2) is 0 Å². The number of hydrogen-bond acceptors (Lipinski definition) is 6. The third-order valence-corrected chi connectivity index (χ3v) is 9.14. The molecule has 9 nitrogen and oxygen atoms in total. The highest BCUT2D eigenvalue weighted by atomic mass is 32.2. The van der Waals surface area contributed by atoms with E-state index in [4.69, 9.17) is 9.47 Å². The number of rotatable bonds is 16. The second kappa shape index (κ2) is 16.6. The van der Waals surface area contributed by atoms with Gasteiger partial charge >= 0.3 is 0 Å². The molecule has 0 saturated heterocycles. The van der Waals surface area contributed by atoms with Gasteiger partial charge in [-0.2, -0.15) is 0 Å². The van der Waals surface area contributed by atoms with Gasteiger partial charge in [-0.05, 0) is 71.5 Å². The topological polar surface area (TPSA) is 114 Å². The van der Waals surface area contributed by atoms with Gasteiger partial charge in [-0.3, -0.25) is 9.59 Å². The van der Waals surface area contributed by atoms with Gasteiger partial charge in [-0.25, -0.2) is 13.1 Å². The minimum absolute atomic E-state index is 0.123. The van der Waals surface area contributed by atoms with E-state index in [0.717, 1.165) is 22.4 Å². The third kappa shape index (κ3) is 9.42. The molecule has 4 aromatic rings. The molecule has 0 aromatic heterocycles. The fraction of sp³-hybridized carbons (Fsp3) is 0.278. The van der Waals surface area contributed by atoms with E-state index in [1.807, 2.05) is 78.9 Å². The van der Waals surface area contributed by atoms with Crippen molar-refractivity contribution in [3.63, 3.8) is 0 Å². The Morgan fingerprint density at radius 2 is 1.28 bits per heavy atom. The molecular weight excluding hydrogens is 602 g/mol. The first-order valence-electron chi connectivity index (χ1n) is 15.2. The molecule has 2 N–H and O–H groups in total. The van der Waals surface area contributed by atoms with Gasteiger partial charge in [0.25, 0.3) is 0 Å². The van der Waals surface area contributed by atoms with E-state index in [1.54, 1.807) is 38.2 Å². The first kappa shape index (κ1) is 34.2. The van der Waals surface area contributed by atoms with E-state index in [9.17, 15) is 18.0 Å². The molecule has 0 aliphatic rings. The fourth-order valence-electron chi connectivity index (χ4n) is 5.08. The smallest absolute Gasteiger partial charge is 0.247 e. The zero-order chi connectivity index (χ0) is 32.9. The van der Waals surface area contributed by atoms with Crippen LogP contribution in [0, 0.1) is 0 Å². The molecule has 0 aliphatic carbocycles. The highest BCUT2D eigenvalue weighted by Crippen LogP contribution is 2.26. The van der Waals surface area contributed by atoms with Crippen molar-refractivity contribution in [2.45, 2.75) is 43.7 Å². The summed E-state index contributed by atoms with van der Waals surface area (Å²) in [5, 5.41) is 3.06. The molecule has 46 heavy (non-hydrogen) atoms. The summed E-state index contributed by atoms with van der Waals surface area (Å²) in [4.78, 5) is 29.7. The van der Waals surface area contributed by atoms with Crippen LogP contribution in [0.4, 0.5) is 0 Å². The second-order valence-electron chi connectivity index (χ2n) is 10.7. The highest BCUT2D eigenvalue weighted by molar-refractivity contribution is 7.89. The molecule has 0 aliphatic heterocycles. The molecule has 242 valence electrons. The zero-order valence-corrected chi connectivity index (χ0v) is 27.3. The number of methoxy groups -OCH3 is 2. The van der Waals surface area contributed by atoms with E-state index in [0.29, 0.717) is 37.2 Å². The van der Waals surface area contributed by atoms with Crippen molar-refractivity contribution in [3.05, 3.63) is 125 Å². The molecule has 4 rings (SSSR count). The van der Waals surface area contributed by atoms with E-state index in [2.05, 4.69) is 10.0 Å². The standard InChI is InChI=1S/C36H41N3O6S/c1-4-38-46(42,43)33-21-14-27(15-22-33)16-23-34(40)39(26-29-12-19-32(45-3)20-13-29)35(30-8-6-5-7-9-30)36(41)37-25-24-28-10-17-31(44-2)18-11-28/h5-15,17-22,35,38H,4,16,23-26H2,1-3H3,(H,37,41)/t35-/m0/s1. The molecule has 0 fully saturated rings. The van der Waals surface area contributed by atoms with Crippen LogP contribution in [0.3, 0.4) is 0 Å². The zero-order valence-electron chi connectivity index (χ0n) is 26.4. The van der Waals surface area contributed by atoms with Gasteiger partial charge < -0.3 is 19.7 Å². The lowest BCUT2D eigenvalue weighted by Gasteiger charge is -2.32. The number of amides is 2. The van der Waals surface area contributed by atoms with E-state index >= 15 is 0 Å². The van der Waals surface area contributed by atoms with Crippen LogP contribution in [0.2, 0.25) is 0 Å². The molecule has 0 radical (unpaired) electrons. The number of carbonyl (C=O) groups is 2. The number of benzene rings is 4. The maximum atomic E-state index is 14.0. The van der Waals surface area contributed by atoms with Gasteiger partial charge in [0, 0.05) is 26.1 Å². The monoisotopic (exact) mass is 643 g/mol. The van der Waals surface area contributed by atoms with Crippen molar-refractivity contribution < 1.29 is 27.5 Å². The molecule has 0 unspecified atom stereocenters.